The standard InChI is InChI=1S/C26H42O4/c1-4-7-9-11-13-15-20-24(27)29-23-19-17-18-22(6-3)26(23)30-25(28)21-16-14-12-10-8-5-2/h17-19H,4-16,20-21H2,1-3H3. The third-order valence-corrected chi connectivity index (χ3v) is 5.35. The molecule has 0 fully saturated rings. The SMILES string of the molecule is CCCCCCCCC(=O)Oc1cccc(CC)c1OC(=O)CCCCCCCC. The number of para-hydroxylation sites is 1. The minimum absolute atomic E-state index is 0.250. The number of ether oxygens (including phenoxy) is 2. The number of carbonyl (C=O) groups excluding carboxylic acids is 2. The second-order valence-corrected chi connectivity index (χ2v) is 8.08. The first-order valence-electron chi connectivity index (χ1n) is 12.2. The van der Waals surface area contributed by atoms with Crippen molar-refractivity contribution in [3.05, 3.63) is 23.8 Å². The monoisotopic (exact) mass is 418 g/mol. The van der Waals surface area contributed by atoms with Gasteiger partial charge in [0.15, 0.2) is 11.5 Å². The summed E-state index contributed by atoms with van der Waals surface area (Å²) in [5.41, 5.74) is 0.885. The molecule has 0 bridgehead atoms. The minimum atomic E-state index is -0.257. The lowest BCUT2D eigenvalue weighted by atomic mass is 10.1. The van der Waals surface area contributed by atoms with Crippen LogP contribution in [0.2, 0.25) is 0 Å². The van der Waals surface area contributed by atoms with Crippen LogP contribution in [-0.2, 0) is 16.0 Å². The van der Waals surface area contributed by atoms with Crippen molar-refractivity contribution in [1.29, 1.82) is 0 Å². The first kappa shape index (κ1) is 26.2. The fraction of sp³-hybridized carbons (Fsp3) is 0.692. The van der Waals surface area contributed by atoms with Crippen molar-refractivity contribution in [3.8, 4) is 11.5 Å². The lowest BCUT2D eigenvalue weighted by Gasteiger charge is -2.14. The summed E-state index contributed by atoms with van der Waals surface area (Å²) in [6.07, 6.45) is 15.0. The third-order valence-electron chi connectivity index (χ3n) is 5.35. The number of hydrogen-bond acceptors (Lipinski definition) is 4. The van der Waals surface area contributed by atoms with Gasteiger partial charge in [0.1, 0.15) is 0 Å². The van der Waals surface area contributed by atoms with Gasteiger partial charge in [-0.15, -0.1) is 0 Å². The van der Waals surface area contributed by atoms with Crippen molar-refractivity contribution in [1.82, 2.24) is 0 Å². The highest BCUT2D eigenvalue weighted by Gasteiger charge is 2.17. The van der Waals surface area contributed by atoms with Crippen LogP contribution >= 0.6 is 0 Å². The molecular weight excluding hydrogens is 376 g/mol. The molecule has 4 heteroatoms. The van der Waals surface area contributed by atoms with E-state index in [9.17, 15) is 9.59 Å². The predicted octanol–water partition coefficient (Wildman–Crippen LogP) is 7.56. The normalized spacial score (nSPS) is 10.8. The molecule has 170 valence electrons. The summed E-state index contributed by atoms with van der Waals surface area (Å²) in [5.74, 6) is 0.264. The van der Waals surface area contributed by atoms with Gasteiger partial charge in [0, 0.05) is 12.8 Å². The molecule has 0 aromatic heterocycles. The molecule has 30 heavy (non-hydrogen) atoms. The maximum atomic E-state index is 12.3. The van der Waals surface area contributed by atoms with E-state index in [2.05, 4.69) is 13.8 Å². The molecule has 0 saturated heterocycles. The Morgan fingerprint density at radius 3 is 1.70 bits per heavy atom. The average Bonchev–Trinajstić information content (AvgIpc) is 2.74. The second-order valence-electron chi connectivity index (χ2n) is 8.08. The van der Waals surface area contributed by atoms with Crippen molar-refractivity contribution in [2.75, 3.05) is 0 Å². The molecule has 1 aromatic carbocycles. The zero-order valence-corrected chi connectivity index (χ0v) is 19.5. The van der Waals surface area contributed by atoms with E-state index in [1.807, 2.05) is 19.1 Å². The van der Waals surface area contributed by atoms with E-state index in [-0.39, 0.29) is 11.9 Å². The summed E-state index contributed by atoms with van der Waals surface area (Å²) in [7, 11) is 0. The number of rotatable bonds is 17. The molecule has 0 amide bonds. The molecule has 0 aliphatic carbocycles. The van der Waals surface area contributed by atoms with Crippen LogP contribution < -0.4 is 9.47 Å². The highest BCUT2D eigenvalue weighted by molar-refractivity contribution is 5.76. The number of hydrogen-bond donors (Lipinski definition) is 0. The van der Waals surface area contributed by atoms with Crippen LogP contribution in [0.1, 0.15) is 116 Å². The Bertz CT molecular complexity index is 609. The molecule has 0 aliphatic rings. The molecule has 0 N–H and O–H groups in total. The first-order chi connectivity index (χ1) is 14.6. The van der Waals surface area contributed by atoms with Crippen LogP contribution in [0.3, 0.4) is 0 Å². The van der Waals surface area contributed by atoms with Gasteiger partial charge in [-0.05, 0) is 30.9 Å². The van der Waals surface area contributed by atoms with E-state index in [4.69, 9.17) is 9.47 Å². The molecule has 0 unspecified atom stereocenters. The van der Waals surface area contributed by atoms with Crippen LogP contribution in [-0.4, -0.2) is 11.9 Å². The average molecular weight is 419 g/mol. The molecule has 0 saturated carbocycles. The molecular formula is C26H42O4. The largest absolute Gasteiger partial charge is 0.423 e. The third kappa shape index (κ3) is 11.4. The quantitative estimate of drug-likeness (QED) is 0.149. The Morgan fingerprint density at radius 1 is 0.667 bits per heavy atom. The van der Waals surface area contributed by atoms with Crippen molar-refractivity contribution in [3.63, 3.8) is 0 Å². The van der Waals surface area contributed by atoms with Gasteiger partial charge in [-0.3, -0.25) is 9.59 Å². The van der Waals surface area contributed by atoms with Gasteiger partial charge >= 0.3 is 11.9 Å². The zero-order valence-electron chi connectivity index (χ0n) is 19.5. The Kier molecular flexibility index (Phi) is 14.8. The number of unbranched alkanes of at least 4 members (excludes halogenated alkanes) is 10. The maximum Gasteiger partial charge on any atom is 0.311 e. The fourth-order valence-electron chi connectivity index (χ4n) is 3.47. The van der Waals surface area contributed by atoms with Crippen molar-refractivity contribution in [2.24, 2.45) is 0 Å². The summed E-state index contributed by atoms with van der Waals surface area (Å²) in [4.78, 5) is 24.6. The van der Waals surface area contributed by atoms with E-state index in [0.29, 0.717) is 30.8 Å². The summed E-state index contributed by atoms with van der Waals surface area (Å²) in [6.45, 7) is 6.39. The lowest BCUT2D eigenvalue weighted by Crippen LogP contribution is -2.13. The molecule has 0 heterocycles. The van der Waals surface area contributed by atoms with E-state index in [1.54, 1.807) is 6.07 Å². The maximum absolute atomic E-state index is 12.3. The second kappa shape index (κ2) is 16.9. The molecule has 1 aromatic rings. The van der Waals surface area contributed by atoms with Gasteiger partial charge in [-0.2, -0.15) is 0 Å². The molecule has 0 spiro atoms. The number of esters is 2. The first-order valence-corrected chi connectivity index (χ1v) is 12.2. The summed E-state index contributed by atoms with van der Waals surface area (Å²) in [6, 6.07) is 5.47. The Morgan fingerprint density at radius 2 is 1.17 bits per heavy atom. The van der Waals surface area contributed by atoms with E-state index in [1.165, 1.54) is 38.5 Å². The predicted molar refractivity (Wildman–Crippen MR) is 123 cm³/mol. The van der Waals surface area contributed by atoms with Gasteiger partial charge in [0.05, 0.1) is 0 Å². The molecule has 4 nitrogen and oxygen atoms in total. The van der Waals surface area contributed by atoms with Crippen LogP contribution in [0.15, 0.2) is 18.2 Å². The minimum Gasteiger partial charge on any atom is -0.423 e. The number of carbonyl (C=O) groups is 2. The molecule has 1 rings (SSSR count). The summed E-state index contributed by atoms with van der Waals surface area (Å²) >= 11 is 0. The smallest absolute Gasteiger partial charge is 0.311 e. The highest BCUT2D eigenvalue weighted by atomic mass is 16.6. The van der Waals surface area contributed by atoms with Crippen LogP contribution in [0.25, 0.3) is 0 Å². The van der Waals surface area contributed by atoms with Crippen molar-refractivity contribution >= 4 is 11.9 Å². The highest BCUT2D eigenvalue weighted by Crippen LogP contribution is 2.32. The van der Waals surface area contributed by atoms with E-state index in [0.717, 1.165) is 44.1 Å². The Balaban J connectivity index is 2.52. The van der Waals surface area contributed by atoms with Crippen LogP contribution in [0.4, 0.5) is 0 Å². The van der Waals surface area contributed by atoms with E-state index >= 15 is 0 Å². The summed E-state index contributed by atoms with van der Waals surface area (Å²) in [5, 5.41) is 0. The lowest BCUT2D eigenvalue weighted by molar-refractivity contribution is -0.137. The summed E-state index contributed by atoms with van der Waals surface area (Å²) < 4.78 is 11.2. The topological polar surface area (TPSA) is 52.6 Å². The Hall–Kier alpha value is -1.84. The van der Waals surface area contributed by atoms with Crippen molar-refractivity contribution < 1.29 is 19.1 Å². The molecule has 0 radical (unpaired) electrons. The Labute approximate surface area is 183 Å². The van der Waals surface area contributed by atoms with Gasteiger partial charge < -0.3 is 9.47 Å². The number of aryl methyl sites for hydroxylation is 1. The van der Waals surface area contributed by atoms with Gasteiger partial charge in [-0.25, -0.2) is 0 Å². The van der Waals surface area contributed by atoms with Crippen LogP contribution in [0, 0.1) is 0 Å². The van der Waals surface area contributed by atoms with Gasteiger partial charge in [0.2, 0.25) is 0 Å². The number of benzene rings is 1. The van der Waals surface area contributed by atoms with Gasteiger partial charge in [0.25, 0.3) is 0 Å². The zero-order chi connectivity index (χ0) is 22.0. The fourth-order valence-corrected chi connectivity index (χ4v) is 3.47. The van der Waals surface area contributed by atoms with Crippen molar-refractivity contribution in [2.45, 2.75) is 117 Å². The van der Waals surface area contributed by atoms with Crippen LogP contribution in [0.5, 0.6) is 11.5 Å². The van der Waals surface area contributed by atoms with Gasteiger partial charge in [-0.1, -0.05) is 97.1 Å². The molecule has 0 aliphatic heterocycles. The molecule has 0 atom stereocenters. The van der Waals surface area contributed by atoms with E-state index < -0.39 is 0 Å².